The Kier molecular flexibility index (Phi) is 6.82. The third-order valence-corrected chi connectivity index (χ3v) is 5.37. The minimum atomic E-state index is -3.68. The number of thiophene rings is 1. The normalized spacial score (nSPS) is 11.6. The van der Waals surface area contributed by atoms with E-state index < -0.39 is 10.0 Å². The molecule has 0 fully saturated rings. The maximum atomic E-state index is 11.2. The minimum Gasteiger partial charge on any atom is -0.492 e. The van der Waals surface area contributed by atoms with Crippen molar-refractivity contribution in [3.63, 3.8) is 0 Å². The number of rotatable bonds is 9. The van der Waals surface area contributed by atoms with Crippen LogP contribution in [-0.2, 0) is 16.6 Å². The standard InChI is InChI=1S/C16H19ClN2O3S2/c1-2-9-19(12-14-5-8-16(17)23-14)10-11-22-13-3-6-15(7-4-13)24(18,20)21/h2-8H,1,9-12H2,(H2,18,20,21). The zero-order valence-electron chi connectivity index (χ0n) is 13.0. The van der Waals surface area contributed by atoms with E-state index in [2.05, 4.69) is 11.5 Å². The number of nitrogens with two attached hydrogens (primary N) is 1. The molecule has 2 rings (SSSR count). The van der Waals surface area contributed by atoms with E-state index in [-0.39, 0.29) is 4.90 Å². The van der Waals surface area contributed by atoms with Crippen molar-refractivity contribution in [2.45, 2.75) is 11.4 Å². The van der Waals surface area contributed by atoms with Crippen molar-refractivity contribution >= 4 is 33.0 Å². The number of hydrogen-bond acceptors (Lipinski definition) is 5. The molecular weight excluding hydrogens is 368 g/mol. The van der Waals surface area contributed by atoms with Gasteiger partial charge >= 0.3 is 0 Å². The molecule has 0 aliphatic carbocycles. The van der Waals surface area contributed by atoms with Gasteiger partial charge in [0.25, 0.3) is 0 Å². The number of ether oxygens (including phenoxy) is 1. The highest BCUT2D eigenvalue weighted by Crippen LogP contribution is 2.22. The molecule has 0 saturated carbocycles. The van der Waals surface area contributed by atoms with Gasteiger partial charge < -0.3 is 4.74 Å². The molecule has 0 spiro atoms. The van der Waals surface area contributed by atoms with Gasteiger partial charge in [-0.15, -0.1) is 17.9 Å². The molecule has 0 aliphatic heterocycles. The fourth-order valence-corrected chi connectivity index (χ4v) is 3.74. The number of nitrogens with zero attached hydrogens (tertiary/aromatic N) is 1. The van der Waals surface area contributed by atoms with E-state index in [0.717, 1.165) is 17.4 Å². The fourth-order valence-electron chi connectivity index (χ4n) is 2.09. The van der Waals surface area contributed by atoms with Gasteiger partial charge in [0.15, 0.2) is 0 Å². The molecule has 0 aliphatic rings. The van der Waals surface area contributed by atoms with Gasteiger partial charge in [0.2, 0.25) is 10.0 Å². The molecule has 5 nitrogen and oxygen atoms in total. The van der Waals surface area contributed by atoms with Crippen molar-refractivity contribution in [1.82, 2.24) is 4.90 Å². The van der Waals surface area contributed by atoms with Gasteiger partial charge in [-0.25, -0.2) is 13.6 Å². The van der Waals surface area contributed by atoms with E-state index in [1.54, 1.807) is 23.5 Å². The second-order valence-corrected chi connectivity index (χ2v) is 8.46. The van der Waals surface area contributed by atoms with Crippen molar-refractivity contribution in [2.24, 2.45) is 5.14 Å². The van der Waals surface area contributed by atoms with Gasteiger partial charge in [-0.3, -0.25) is 4.90 Å². The number of benzene rings is 1. The van der Waals surface area contributed by atoms with Gasteiger partial charge in [0, 0.05) is 24.5 Å². The van der Waals surface area contributed by atoms with E-state index >= 15 is 0 Å². The molecule has 8 heteroatoms. The van der Waals surface area contributed by atoms with E-state index in [1.165, 1.54) is 17.0 Å². The summed E-state index contributed by atoms with van der Waals surface area (Å²) in [6.45, 7) is 6.47. The maximum Gasteiger partial charge on any atom is 0.238 e. The first-order chi connectivity index (χ1) is 11.4. The van der Waals surface area contributed by atoms with Gasteiger partial charge in [0.05, 0.1) is 9.23 Å². The quantitative estimate of drug-likeness (QED) is 0.672. The Morgan fingerprint density at radius 1 is 1.25 bits per heavy atom. The smallest absolute Gasteiger partial charge is 0.238 e. The number of primary sulfonamides is 1. The van der Waals surface area contributed by atoms with Crippen LogP contribution in [0.3, 0.4) is 0 Å². The minimum absolute atomic E-state index is 0.0673. The van der Waals surface area contributed by atoms with Gasteiger partial charge in [-0.1, -0.05) is 17.7 Å². The summed E-state index contributed by atoms with van der Waals surface area (Å²) in [5, 5.41) is 5.06. The Bertz CT molecular complexity index is 773. The second kappa shape index (κ2) is 8.64. The molecule has 24 heavy (non-hydrogen) atoms. The molecule has 0 bridgehead atoms. The van der Waals surface area contributed by atoms with Crippen LogP contribution in [0.5, 0.6) is 5.75 Å². The Hall–Kier alpha value is -1.38. The molecule has 0 unspecified atom stereocenters. The summed E-state index contributed by atoms with van der Waals surface area (Å²) in [5.74, 6) is 0.597. The fraction of sp³-hybridized carbons (Fsp3) is 0.250. The van der Waals surface area contributed by atoms with Crippen molar-refractivity contribution in [3.8, 4) is 5.75 Å². The van der Waals surface area contributed by atoms with E-state index in [1.807, 2.05) is 18.2 Å². The van der Waals surface area contributed by atoms with Crippen LogP contribution in [0.2, 0.25) is 4.34 Å². The van der Waals surface area contributed by atoms with Crippen molar-refractivity contribution < 1.29 is 13.2 Å². The molecule has 1 heterocycles. The summed E-state index contributed by atoms with van der Waals surface area (Å²) >= 11 is 7.51. The summed E-state index contributed by atoms with van der Waals surface area (Å²) < 4.78 is 28.8. The van der Waals surface area contributed by atoms with Crippen LogP contribution in [0.1, 0.15) is 4.88 Å². The van der Waals surface area contributed by atoms with Crippen molar-refractivity contribution in [2.75, 3.05) is 19.7 Å². The number of sulfonamides is 1. The SMILES string of the molecule is C=CCN(CCOc1ccc(S(N)(=O)=O)cc1)Cc1ccc(Cl)s1. The molecule has 1 aromatic carbocycles. The Morgan fingerprint density at radius 2 is 1.96 bits per heavy atom. The summed E-state index contributed by atoms with van der Waals surface area (Å²) in [7, 11) is -3.68. The third-order valence-electron chi connectivity index (χ3n) is 3.22. The van der Waals surface area contributed by atoms with Crippen LogP contribution < -0.4 is 9.88 Å². The molecular formula is C16H19ClN2O3S2. The summed E-state index contributed by atoms with van der Waals surface area (Å²) in [5.41, 5.74) is 0. The van der Waals surface area contributed by atoms with Crippen LogP contribution in [0.4, 0.5) is 0 Å². The molecule has 1 aromatic heterocycles. The first-order valence-electron chi connectivity index (χ1n) is 7.21. The lowest BCUT2D eigenvalue weighted by Gasteiger charge is -2.20. The summed E-state index contributed by atoms with van der Waals surface area (Å²) in [6, 6.07) is 9.94. The van der Waals surface area contributed by atoms with Gasteiger partial charge in [0.1, 0.15) is 12.4 Å². The third kappa shape index (κ3) is 5.92. The lowest BCUT2D eigenvalue weighted by molar-refractivity contribution is 0.218. The first-order valence-corrected chi connectivity index (χ1v) is 9.95. The van der Waals surface area contributed by atoms with Crippen molar-refractivity contribution in [1.29, 1.82) is 0 Å². The molecule has 130 valence electrons. The molecule has 0 saturated heterocycles. The Morgan fingerprint density at radius 3 is 2.50 bits per heavy atom. The van der Waals surface area contributed by atoms with E-state index in [9.17, 15) is 8.42 Å². The highest BCUT2D eigenvalue weighted by molar-refractivity contribution is 7.89. The summed E-state index contributed by atoms with van der Waals surface area (Å²) in [6.07, 6.45) is 1.84. The van der Waals surface area contributed by atoms with Crippen LogP contribution in [-0.4, -0.2) is 33.0 Å². The zero-order chi connectivity index (χ0) is 17.6. The second-order valence-electron chi connectivity index (χ2n) is 5.09. The molecule has 0 amide bonds. The molecule has 0 atom stereocenters. The average Bonchev–Trinajstić information content (AvgIpc) is 2.92. The largest absolute Gasteiger partial charge is 0.492 e. The lowest BCUT2D eigenvalue weighted by atomic mass is 10.3. The summed E-state index contributed by atoms with van der Waals surface area (Å²) in [4.78, 5) is 3.44. The Balaban J connectivity index is 1.87. The van der Waals surface area contributed by atoms with Gasteiger partial charge in [-0.05, 0) is 36.4 Å². The first kappa shape index (κ1) is 19.0. The predicted octanol–water partition coefficient (Wildman–Crippen LogP) is 3.12. The predicted molar refractivity (Wildman–Crippen MR) is 98.1 cm³/mol. The molecule has 2 N–H and O–H groups in total. The molecule has 2 aromatic rings. The molecule has 0 radical (unpaired) electrons. The zero-order valence-corrected chi connectivity index (χ0v) is 15.4. The van der Waals surface area contributed by atoms with E-state index in [4.69, 9.17) is 21.5 Å². The van der Waals surface area contributed by atoms with Gasteiger partial charge in [-0.2, -0.15) is 0 Å². The topological polar surface area (TPSA) is 72.6 Å². The highest BCUT2D eigenvalue weighted by Gasteiger charge is 2.09. The maximum absolute atomic E-state index is 11.2. The monoisotopic (exact) mass is 386 g/mol. The van der Waals surface area contributed by atoms with Crippen LogP contribution >= 0.6 is 22.9 Å². The van der Waals surface area contributed by atoms with Crippen LogP contribution in [0.15, 0.2) is 53.9 Å². The van der Waals surface area contributed by atoms with Crippen LogP contribution in [0.25, 0.3) is 0 Å². The Labute approximate surface area is 151 Å². The lowest BCUT2D eigenvalue weighted by Crippen LogP contribution is -2.28. The number of hydrogen-bond donors (Lipinski definition) is 1. The highest BCUT2D eigenvalue weighted by atomic mass is 35.5. The van der Waals surface area contributed by atoms with E-state index in [0.29, 0.717) is 18.9 Å². The van der Waals surface area contributed by atoms with Crippen molar-refractivity contribution in [3.05, 3.63) is 58.3 Å². The average molecular weight is 387 g/mol. The van der Waals surface area contributed by atoms with Crippen LogP contribution in [0, 0.1) is 0 Å². The number of halogens is 1.